The van der Waals surface area contributed by atoms with E-state index in [9.17, 15) is 15.4 Å². The van der Waals surface area contributed by atoms with Crippen molar-refractivity contribution in [3.8, 4) is 5.75 Å². The third-order valence-electron chi connectivity index (χ3n) is 7.68. The summed E-state index contributed by atoms with van der Waals surface area (Å²) >= 11 is 0. The molecule has 2 aromatic carbocycles. The highest BCUT2D eigenvalue weighted by Gasteiger charge is 2.61. The fraction of sp³-hybridized carbons (Fsp3) is 0.500. The van der Waals surface area contributed by atoms with Gasteiger partial charge in [0, 0.05) is 11.3 Å². The first-order chi connectivity index (χ1) is 14.0. The Hall–Kier alpha value is -1.92. The minimum absolute atomic E-state index is 0.122. The number of nitrogens with zero attached hydrogens (tertiary/aromatic N) is 1. The quantitative estimate of drug-likeness (QED) is 0.740. The summed E-state index contributed by atoms with van der Waals surface area (Å²) in [6.07, 6.45) is 1.64. The summed E-state index contributed by atoms with van der Waals surface area (Å²) in [7, 11) is 0. The number of hydrogen-bond acceptors (Lipinski definition) is 5. The Labute approximate surface area is 171 Å². The number of aliphatic hydroxyl groups is 2. The lowest BCUT2D eigenvalue weighted by Crippen LogP contribution is -2.46. The van der Waals surface area contributed by atoms with Crippen molar-refractivity contribution < 1.29 is 20.2 Å². The number of aliphatic hydroxyl groups excluding tert-OH is 2. The molecule has 0 amide bonds. The molecule has 5 heteroatoms. The van der Waals surface area contributed by atoms with Crippen LogP contribution in [0, 0.1) is 17.3 Å². The zero-order chi connectivity index (χ0) is 20.2. The molecular weight excluding hydrogens is 366 g/mol. The van der Waals surface area contributed by atoms with E-state index in [2.05, 4.69) is 30.3 Å². The average molecular weight is 395 g/mol. The highest BCUT2D eigenvalue weighted by Crippen LogP contribution is 2.60. The van der Waals surface area contributed by atoms with Crippen LogP contribution in [0.3, 0.4) is 0 Å². The van der Waals surface area contributed by atoms with E-state index in [1.807, 2.05) is 25.1 Å². The van der Waals surface area contributed by atoms with E-state index in [1.165, 1.54) is 11.1 Å². The van der Waals surface area contributed by atoms with Gasteiger partial charge in [-0.3, -0.25) is 0 Å². The van der Waals surface area contributed by atoms with Crippen LogP contribution in [0.2, 0.25) is 0 Å². The summed E-state index contributed by atoms with van der Waals surface area (Å²) in [5.74, 6) is 1.39. The lowest BCUT2D eigenvalue weighted by molar-refractivity contribution is -0.251. The second-order valence-corrected chi connectivity index (χ2v) is 9.18. The molecule has 1 saturated carbocycles. The number of hydroxylamine groups is 2. The molecule has 5 rings (SSSR count). The van der Waals surface area contributed by atoms with Gasteiger partial charge in [0.25, 0.3) is 0 Å². The van der Waals surface area contributed by atoms with Gasteiger partial charge < -0.3 is 20.2 Å². The van der Waals surface area contributed by atoms with Crippen LogP contribution in [-0.2, 0) is 13.0 Å². The van der Waals surface area contributed by atoms with Gasteiger partial charge in [-0.2, -0.15) is 0 Å². The van der Waals surface area contributed by atoms with E-state index >= 15 is 0 Å². The number of benzene rings is 2. The van der Waals surface area contributed by atoms with Gasteiger partial charge in [-0.1, -0.05) is 43.3 Å². The summed E-state index contributed by atoms with van der Waals surface area (Å²) in [4.78, 5) is 0. The second kappa shape index (κ2) is 7.10. The first kappa shape index (κ1) is 19.1. The molecule has 3 N–H and O–H groups in total. The van der Waals surface area contributed by atoms with Crippen molar-refractivity contribution in [2.45, 2.75) is 57.6 Å². The third-order valence-corrected chi connectivity index (χ3v) is 7.68. The number of ether oxygens (including phenoxy) is 1. The average Bonchev–Trinajstić information content (AvgIpc) is 2.93. The maximum absolute atomic E-state index is 10.6. The highest BCUT2D eigenvalue weighted by atomic mass is 16.6. The fourth-order valence-corrected chi connectivity index (χ4v) is 6.14. The molecule has 1 saturated heterocycles. The Kier molecular flexibility index (Phi) is 4.67. The summed E-state index contributed by atoms with van der Waals surface area (Å²) < 4.78 is 6.01. The molecule has 1 heterocycles. The van der Waals surface area contributed by atoms with E-state index in [-0.39, 0.29) is 11.8 Å². The lowest BCUT2D eigenvalue weighted by atomic mass is 9.55. The molecule has 3 unspecified atom stereocenters. The minimum Gasteiger partial charge on any atom is -0.489 e. The van der Waals surface area contributed by atoms with Crippen LogP contribution in [0.1, 0.15) is 48.8 Å². The monoisotopic (exact) mass is 395 g/mol. The Morgan fingerprint density at radius 1 is 1.10 bits per heavy atom. The molecule has 0 bridgehead atoms. The molecule has 29 heavy (non-hydrogen) atoms. The molecule has 1 aliphatic heterocycles. The molecule has 2 fully saturated rings. The van der Waals surface area contributed by atoms with Gasteiger partial charge >= 0.3 is 0 Å². The summed E-state index contributed by atoms with van der Waals surface area (Å²) in [5.41, 5.74) is 3.35. The zero-order valence-corrected chi connectivity index (χ0v) is 16.7. The minimum atomic E-state index is -1.00. The first-order valence-electron chi connectivity index (χ1n) is 10.6. The molecule has 6 atom stereocenters. The van der Waals surface area contributed by atoms with Gasteiger partial charge in [-0.05, 0) is 66.3 Å². The number of rotatable bonds is 3. The van der Waals surface area contributed by atoms with E-state index in [0.717, 1.165) is 42.1 Å². The lowest BCUT2D eigenvalue weighted by Gasteiger charge is -2.49. The van der Waals surface area contributed by atoms with E-state index in [1.54, 1.807) is 0 Å². The van der Waals surface area contributed by atoms with Gasteiger partial charge in [-0.25, -0.2) is 0 Å². The smallest absolute Gasteiger partial charge is 0.138 e. The Balaban J connectivity index is 1.37. The maximum Gasteiger partial charge on any atom is 0.138 e. The van der Waals surface area contributed by atoms with Crippen molar-refractivity contribution in [1.82, 2.24) is 5.06 Å². The number of hydrogen-bond donors (Lipinski definition) is 3. The molecular formula is C24H29NO4. The van der Waals surface area contributed by atoms with Crippen LogP contribution in [0.4, 0.5) is 0 Å². The third kappa shape index (κ3) is 2.99. The standard InChI is InChI=1S/C24H29NO4/c1-24-12-11-19-18-10-8-17(29-14-15-5-3-2-4-6-15)13-16(18)7-9-20(19)21(24)22(26)25(28)23(24)27/h2-6,8,10,13,19-23,26-28H,7,9,11-12,14H2,1H3/t19?,20?,21-,22?,23-,24+/m1/s1. The van der Waals surface area contributed by atoms with E-state index < -0.39 is 17.9 Å². The highest BCUT2D eigenvalue weighted by molar-refractivity contribution is 5.41. The van der Waals surface area contributed by atoms with Crippen molar-refractivity contribution in [3.05, 3.63) is 65.2 Å². The molecule has 0 radical (unpaired) electrons. The van der Waals surface area contributed by atoms with Crippen LogP contribution in [0.25, 0.3) is 0 Å². The maximum atomic E-state index is 10.6. The van der Waals surface area contributed by atoms with Gasteiger partial charge in [-0.15, -0.1) is 5.06 Å². The van der Waals surface area contributed by atoms with Gasteiger partial charge in [0.05, 0.1) is 0 Å². The van der Waals surface area contributed by atoms with Crippen molar-refractivity contribution >= 4 is 0 Å². The van der Waals surface area contributed by atoms with Crippen molar-refractivity contribution in [2.75, 3.05) is 0 Å². The number of aryl methyl sites for hydroxylation is 1. The zero-order valence-electron chi connectivity index (χ0n) is 16.7. The summed E-state index contributed by atoms with van der Waals surface area (Å²) in [5, 5.41) is 32.1. The first-order valence-corrected chi connectivity index (χ1v) is 10.6. The predicted octanol–water partition coefficient (Wildman–Crippen LogP) is 3.67. The van der Waals surface area contributed by atoms with Gasteiger partial charge in [0.2, 0.25) is 0 Å². The molecule has 0 spiro atoms. The number of fused-ring (bicyclic) bond motifs is 5. The summed E-state index contributed by atoms with van der Waals surface area (Å²) in [6.45, 7) is 2.57. The summed E-state index contributed by atoms with van der Waals surface area (Å²) in [6, 6.07) is 16.6. The van der Waals surface area contributed by atoms with Crippen LogP contribution in [0.15, 0.2) is 48.5 Å². The van der Waals surface area contributed by atoms with Crippen molar-refractivity contribution in [1.29, 1.82) is 0 Å². The topological polar surface area (TPSA) is 73.2 Å². The Morgan fingerprint density at radius 2 is 1.90 bits per heavy atom. The van der Waals surface area contributed by atoms with E-state index in [4.69, 9.17) is 4.74 Å². The molecule has 5 nitrogen and oxygen atoms in total. The van der Waals surface area contributed by atoms with Crippen LogP contribution in [0.5, 0.6) is 5.75 Å². The molecule has 2 aliphatic carbocycles. The van der Waals surface area contributed by atoms with Crippen molar-refractivity contribution in [2.24, 2.45) is 17.3 Å². The van der Waals surface area contributed by atoms with Crippen molar-refractivity contribution in [3.63, 3.8) is 0 Å². The molecule has 2 aromatic rings. The van der Waals surface area contributed by atoms with Crippen LogP contribution in [-0.4, -0.2) is 32.9 Å². The fourth-order valence-electron chi connectivity index (χ4n) is 6.14. The Bertz CT molecular complexity index is 888. The van der Waals surface area contributed by atoms with Gasteiger partial charge in [0.1, 0.15) is 24.8 Å². The largest absolute Gasteiger partial charge is 0.489 e. The van der Waals surface area contributed by atoms with Crippen LogP contribution >= 0.6 is 0 Å². The van der Waals surface area contributed by atoms with Gasteiger partial charge in [0.15, 0.2) is 0 Å². The molecule has 0 aromatic heterocycles. The Morgan fingerprint density at radius 3 is 2.69 bits per heavy atom. The SMILES string of the molecule is C[C@]12CCC3c4ccc(OCc5ccccc5)cc4CCC3[C@@H]1C(O)N(O)[C@@H]2O. The second-order valence-electron chi connectivity index (χ2n) is 9.18. The predicted molar refractivity (Wildman–Crippen MR) is 108 cm³/mol. The molecule has 154 valence electrons. The van der Waals surface area contributed by atoms with E-state index in [0.29, 0.717) is 12.5 Å². The normalized spacial score (nSPS) is 36.2. The molecule has 3 aliphatic rings. The van der Waals surface area contributed by atoms with Crippen LogP contribution < -0.4 is 4.74 Å².